The summed E-state index contributed by atoms with van der Waals surface area (Å²) >= 11 is 0. The summed E-state index contributed by atoms with van der Waals surface area (Å²) in [6.07, 6.45) is 4.25. The molecule has 17 aromatic carbocycles. The summed E-state index contributed by atoms with van der Waals surface area (Å²) in [4.78, 5) is 17.4. The van der Waals surface area contributed by atoms with E-state index in [4.69, 9.17) is 23.8 Å². The van der Waals surface area contributed by atoms with Gasteiger partial charge in [-0.1, -0.05) is 249 Å². The maximum Gasteiger partial charge on any atom is 0.164 e. The van der Waals surface area contributed by atoms with Crippen molar-refractivity contribution in [1.82, 2.24) is 24.1 Å². The third kappa shape index (κ3) is 10.4. The molecule has 0 aliphatic heterocycles. The van der Waals surface area contributed by atoms with Gasteiger partial charge in [-0.05, 0) is 171 Å². The highest BCUT2D eigenvalue weighted by Crippen LogP contribution is 2.47. The lowest BCUT2D eigenvalue weighted by Crippen LogP contribution is -2.09. The summed E-state index contributed by atoms with van der Waals surface area (Å²) in [5.74, 6) is 1.87. The van der Waals surface area contributed by atoms with Crippen LogP contribution < -0.4 is 4.90 Å². The van der Waals surface area contributed by atoms with Crippen molar-refractivity contribution >= 4 is 154 Å². The second-order valence-corrected chi connectivity index (χ2v) is 27.7. The highest BCUT2D eigenvalue weighted by atomic mass is 16.3. The fourth-order valence-electron chi connectivity index (χ4n) is 16.4. The van der Waals surface area contributed by atoms with E-state index in [1.54, 1.807) is 0 Å². The predicted molar refractivity (Wildman–Crippen MR) is 451 cm³/mol. The molecule has 22 aromatic rings. The fraction of sp³-hybridized carbons (Fsp3) is 0.0100. The smallest absolute Gasteiger partial charge is 0.164 e. The maximum absolute atomic E-state index is 6.89. The lowest BCUT2D eigenvalue weighted by molar-refractivity contribution is 0.669. The molecule has 506 valence electrons. The number of para-hydroxylation sites is 2. The predicted octanol–water partition coefficient (Wildman–Crippen LogP) is 27.3. The molecule has 0 aliphatic rings. The number of rotatable bonds is 10. The molecule has 108 heavy (non-hydrogen) atoms. The van der Waals surface area contributed by atoms with Crippen LogP contribution in [0, 0.1) is 0 Å². The van der Waals surface area contributed by atoms with Gasteiger partial charge in [0.25, 0.3) is 0 Å². The van der Waals surface area contributed by atoms with Crippen LogP contribution in [0.1, 0.15) is 12.5 Å². The molecule has 0 fully saturated rings. The zero-order chi connectivity index (χ0) is 71.3. The number of benzene rings is 17. The molecule has 0 radical (unpaired) electrons. The standard InChI is InChI=1S/C56H36N4O.C44H28N2O/c1-2-13-35-22-31-49-46(32-35)47-33-48-51(61-53-45-21-12-10-19-43(45)42-18-9-11-20-44(42)52(48)53)34-50(47)60(49)41-29-27-40(28-30-41)56-58-54(38-16-7-4-8-17-38)57-55(59-56)39-25-23-37(24-26-39)36-14-5-3-6-15-36;1-3-14-32(15-4-1)45(33-16-5-2-6-17-33)35-22-24-42-37(26-35)38-27-39-41(28-43(38)47-42)46(34-21-19-29-11-7-8-13-31(29)25-34)40-23-20-30-12-9-10-18-36(30)44(39)40/h2-34H,1H3;1-28H/b13-2+;. The van der Waals surface area contributed by atoms with Crippen LogP contribution in [0.5, 0.6) is 0 Å². The van der Waals surface area contributed by atoms with Gasteiger partial charge < -0.3 is 22.9 Å². The molecular weight excluding hydrogens is 1320 g/mol. The highest BCUT2D eigenvalue weighted by Gasteiger charge is 2.24. The first-order valence-corrected chi connectivity index (χ1v) is 36.6. The third-order valence-corrected chi connectivity index (χ3v) is 21.4. The Morgan fingerprint density at radius 1 is 0.269 bits per heavy atom. The van der Waals surface area contributed by atoms with Gasteiger partial charge in [-0.15, -0.1) is 0 Å². The minimum absolute atomic E-state index is 0.615. The topological polar surface area (TPSA) is 78.1 Å². The number of hydrogen-bond donors (Lipinski definition) is 0. The van der Waals surface area contributed by atoms with E-state index in [2.05, 4.69) is 355 Å². The summed E-state index contributed by atoms with van der Waals surface area (Å²) in [6, 6.07) is 127. The molecule has 0 saturated heterocycles. The van der Waals surface area contributed by atoms with E-state index in [9.17, 15) is 0 Å². The second kappa shape index (κ2) is 25.4. The monoisotopic (exact) mass is 1380 g/mol. The minimum Gasteiger partial charge on any atom is -0.456 e. The number of aromatic nitrogens is 5. The first kappa shape index (κ1) is 62.1. The summed E-state index contributed by atoms with van der Waals surface area (Å²) in [7, 11) is 0. The molecule has 5 heterocycles. The van der Waals surface area contributed by atoms with E-state index in [0.717, 1.165) is 122 Å². The van der Waals surface area contributed by atoms with Crippen LogP contribution in [0.2, 0.25) is 0 Å². The van der Waals surface area contributed by atoms with Crippen molar-refractivity contribution in [2.45, 2.75) is 6.92 Å². The van der Waals surface area contributed by atoms with Gasteiger partial charge in [0.2, 0.25) is 0 Å². The molecule has 22 rings (SSSR count). The molecule has 0 amide bonds. The number of fused-ring (bicyclic) bond motifs is 20. The van der Waals surface area contributed by atoms with Crippen LogP contribution >= 0.6 is 0 Å². The normalized spacial score (nSPS) is 11.9. The Hall–Kier alpha value is -14.5. The molecule has 0 atom stereocenters. The first-order chi connectivity index (χ1) is 53.5. The fourth-order valence-corrected chi connectivity index (χ4v) is 16.4. The summed E-state index contributed by atoms with van der Waals surface area (Å²) in [5, 5.41) is 19.0. The quantitative estimate of drug-likeness (QED) is 0.127. The highest BCUT2D eigenvalue weighted by molar-refractivity contribution is 6.32. The molecule has 0 aliphatic carbocycles. The van der Waals surface area contributed by atoms with E-state index in [1.807, 2.05) is 36.4 Å². The number of nitrogens with zero attached hydrogens (tertiary/aromatic N) is 6. The van der Waals surface area contributed by atoms with Crippen molar-refractivity contribution in [3.63, 3.8) is 0 Å². The van der Waals surface area contributed by atoms with Gasteiger partial charge in [0, 0.05) is 106 Å². The Balaban J connectivity index is 0.000000143. The van der Waals surface area contributed by atoms with Gasteiger partial charge in [0.05, 0.1) is 22.1 Å². The van der Waals surface area contributed by atoms with Crippen LogP contribution in [-0.4, -0.2) is 24.1 Å². The SMILES string of the molecule is C/C=C/c1ccc2c(c1)c1cc3c(cc1n2-c1ccc(-c2nc(-c4ccccc4)nc(-c4ccc(-c5ccccc5)cc4)n2)cc1)oc1c2ccccc2c2ccccc2c31.c1ccc(N(c2ccccc2)c2ccc3oc4cc5c(cc4c3c2)c2c3ccccc3ccc2n5-c2ccc3ccccc3c2)cc1. The van der Waals surface area contributed by atoms with Crippen molar-refractivity contribution in [2.75, 3.05) is 4.90 Å². The van der Waals surface area contributed by atoms with Gasteiger partial charge in [-0.2, -0.15) is 0 Å². The minimum atomic E-state index is 0.615. The Morgan fingerprint density at radius 3 is 1.44 bits per heavy atom. The van der Waals surface area contributed by atoms with Crippen LogP contribution in [0.3, 0.4) is 0 Å². The third-order valence-electron chi connectivity index (χ3n) is 21.4. The van der Waals surface area contributed by atoms with Gasteiger partial charge in [-0.25, -0.2) is 15.0 Å². The lowest BCUT2D eigenvalue weighted by Gasteiger charge is -2.25. The van der Waals surface area contributed by atoms with Crippen molar-refractivity contribution in [3.8, 4) is 56.7 Å². The van der Waals surface area contributed by atoms with Crippen LogP contribution in [-0.2, 0) is 0 Å². The van der Waals surface area contributed by atoms with Crippen LogP contribution in [0.4, 0.5) is 17.1 Å². The van der Waals surface area contributed by atoms with Gasteiger partial charge in [-0.3, -0.25) is 0 Å². The molecular formula is C100H64N6O2. The van der Waals surface area contributed by atoms with Crippen molar-refractivity contribution in [3.05, 3.63) is 370 Å². The molecule has 0 unspecified atom stereocenters. The number of hydrogen-bond acceptors (Lipinski definition) is 6. The van der Waals surface area contributed by atoms with E-state index < -0.39 is 0 Å². The summed E-state index contributed by atoms with van der Waals surface area (Å²) in [5.41, 5.74) is 19.8. The summed E-state index contributed by atoms with van der Waals surface area (Å²) in [6.45, 7) is 2.06. The Kier molecular flexibility index (Phi) is 14.6. The molecule has 0 N–H and O–H groups in total. The van der Waals surface area contributed by atoms with E-state index in [-0.39, 0.29) is 0 Å². The Labute approximate surface area is 620 Å². The van der Waals surface area contributed by atoms with Crippen molar-refractivity contribution in [2.24, 2.45) is 0 Å². The molecule has 8 heteroatoms. The molecule has 5 aromatic heterocycles. The average molecular weight is 1380 g/mol. The van der Waals surface area contributed by atoms with E-state index in [1.165, 1.54) is 70.3 Å². The molecule has 8 nitrogen and oxygen atoms in total. The Morgan fingerprint density at radius 2 is 0.750 bits per heavy atom. The maximum atomic E-state index is 6.89. The number of allylic oxidation sites excluding steroid dienone is 1. The lowest BCUT2D eigenvalue weighted by atomic mass is 9.96. The van der Waals surface area contributed by atoms with Crippen molar-refractivity contribution in [1.29, 1.82) is 0 Å². The molecule has 0 saturated carbocycles. The number of anilines is 3. The number of furan rings is 2. The largest absolute Gasteiger partial charge is 0.456 e. The molecule has 0 bridgehead atoms. The Bertz CT molecular complexity index is 7300. The molecule has 0 spiro atoms. The van der Waals surface area contributed by atoms with Gasteiger partial charge in [0.1, 0.15) is 22.3 Å². The van der Waals surface area contributed by atoms with Crippen LogP contribution in [0.15, 0.2) is 373 Å². The first-order valence-electron chi connectivity index (χ1n) is 36.6. The van der Waals surface area contributed by atoms with E-state index in [0.29, 0.717) is 17.5 Å². The van der Waals surface area contributed by atoms with Crippen LogP contribution in [0.25, 0.3) is 193 Å². The zero-order valence-electron chi connectivity index (χ0n) is 58.7. The van der Waals surface area contributed by atoms with Gasteiger partial charge >= 0.3 is 0 Å². The van der Waals surface area contributed by atoms with Crippen molar-refractivity contribution < 1.29 is 8.83 Å². The van der Waals surface area contributed by atoms with Gasteiger partial charge in [0.15, 0.2) is 17.5 Å². The van der Waals surface area contributed by atoms with E-state index >= 15 is 0 Å². The second-order valence-electron chi connectivity index (χ2n) is 27.7. The summed E-state index contributed by atoms with van der Waals surface area (Å²) < 4.78 is 18.2. The average Bonchev–Trinajstić information content (AvgIpc) is 1.56. The zero-order valence-corrected chi connectivity index (χ0v) is 58.7.